The van der Waals surface area contributed by atoms with E-state index in [9.17, 15) is 0 Å². The molecule has 0 rings (SSSR count). The summed E-state index contributed by atoms with van der Waals surface area (Å²) in [7, 11) is 0. The Morgan fingerprint density at radius 1 is 0.480 bits per heavy atom. The molecule has 0 aliphatic carbocycles. The molecule has 0 amide bonds. The van der Waals surface area contributed by atoms with Gasteiger partial charge in [0.05, 0.1) is 0 Å². The van der Waals surface area contributed by atoms with E-state index in [-0.39, 0.29) is 0 Å². The van der Waals surface area contributed by atoms with Crippen LogP contribution in [-0.2, 0) is 0 Å². The Labute approximate surface area is 165 Å². The first-order valence-corrected chi connectivity index (χ1v) is 11.5. The van der Waals surface area contributed by atoms with Gasteiger partial charge in [-0.05, 0) is 35.5 Å². The van der Waals surface area contributed by atoms with Crippen molar-refractivity contribution in [3.05, 3.63) is 6.92 Å². The van der Waals surface area contributed by atoms with Crippen LogP contribution in [0.5, 0.6) is 0 Å². The Morgan fingerprint density at radius 3 is 0.960 bits per heavy atom. The SMILES string of the molecule is CC.CC.CC.[CH2-]C(C)C(C)C(C)C(C)C(C)C(C)C(C)C(C)CC. The van der Waals surface area contributed by atoms with Crippen LogP contribution >= 0.6 is 0 Å². The smallest absolute Gasteiger partial charge is 0.0386 e. The van der Waals surface area contributed by atoms with Gasteiger partial charge in [-0.25, -0.2) is 0 Å². The molecule has 0 radical (unpaired) electrons. The van der Waals surface area contributed by atoms with Gasteiger partial charge in [-0.2, -0.15) is 5.92 Å². The highest BCUT2D eigenvalue weighted by Gasteiger charge is 2.30. The van der Waals surface area contributed by atoms with Crippen LogP contribution in [0.25, 0.3) is 0 Å². The molecule has 0 heteroatoms. The van der Waals surface area contributed by atoms with Gasteiger partial charge in [0.15, 0.2) is 0 Å². The largest absolute Gasteiger partial charge is 0.340 e. The Hall–Kier alpha value is 0. The maximum atomic E-state index is 4.22. The fourth-order valence-electron chi connectivity index (χ4n) is 3.32. The first-order chi connectivity index (χ1) is 11.6. The van der Waals surface area contributed by atoms with Crippen molar-refractivity contribution in [1.82, 2.24) is 0 Å². The molecule has 0 aliphatic rings. The zero-order valence-electron chi connectivity index (χ0n) is 21.0. The normalized spacial score (nSPS) is 19.7. The second-order valence-electron chi connectivity index (χ2n) is 7.52. The van der Waals surface area contributed by atoms with Gasteiger partial charge >= 0.3 is 0 Å². The molecule has 0 saturated carbocycles. The van der Waals surface area contributed by atoms with Crippen molar-refractivity contribution < 1.29 is 0 Å². The van der Waals surface area contributed by atoms with Crippen LogP contribution in [0.4, 0.5) is 0 Å². The summed E-state index contributed by atoms with van der Waals surface area (Å²) in [6.45, 7) is 37.8. The topological polar surface area (TPSA) is 0 Å². The van der Waals surface area contributed by atoms with Crippen LogP contribution in [0.15, 0.2) is 0 Å². The summed E-state index contributed by atoms with van der Waals surface area (Å²) in [5, 5.41) is 0. The highest BCUT2D eigenvalue weighted by molar-refractivity contribution is 4.81. The van der Waals surface area contributed by atoms with Crippen molar-refractivity contribution in [2.75, 3.05) is 0 Å². The Bertz CT molecular complexity index is 230. The van der Waals surface area contributed by atoms with E-state index in [1.54, 1.807) is 0 Å². The molecule has 0 aromatic rings. The summed E-state index contributed by atoms with van der Waals surface area (Å²) >= 11 is 0. The van der Waals surface area contributed by atoms with Crippen LogP contribution < -0.4 is 0 Å². The predicted molar refractivity (Wildman–Crippen MR) is 123 cm³/mol. The quantitative estimate of drug-likeness (QED) is 0.379. The molecule has 0 nitrogen and oxygen atoms in total. The van der Waals surface area contributed by atoms with Crippen molar-refractivity contribution in [1.29, 1.82) is 0 Å². The lowest BCUT2D eigenvalue weighted by atomic mass is 9.67. The standard InChI is InChI=1S/C19H39.3C2H6/c1-11-13(4)15(6)17(8)19(10)18(9)16(7)14(5)12(2)3;3*1-2/h12-19H,2,11H2,1,3-10H3;3*1-2H3/q-1;;;. The van der Waals surface area contributed by atoms with Gasteiger partial charge in [0, 0.05) is 0 Å². The van der Waals surface area contributed by atoms with Crippen LogP contribution in [0, 0.1) is 54.3 Å². The molecule has 8 unspecified atom stereocenters. The van der Waals surface area contributed by atoms with Gasteiger partial charge < -0.3 is 6.92 Å². The van der Waals surface area contributed by atoms with Crippen molar-refractivity contribution in [3.8, 4) is 0 Å². The molecule has 158 valence electrons. The van der Waals surface area contributed by atoms with Crippen LogP contribution in [-0.4, -0.2) is 0 Å². The zero-order chi connectivity index (χ0) is 21.3. The Kier molecular flexibility index (Phi) is 26.5. The van der Waals surface area contributed by atoms with E-state index in [2.05, 4.69) is 69.2 Å². The zero-order valence-corrected chi connectivity index (χ0v) is 21.0. The average Bonchev–Trinajstić information content (AvgIpc) is 2.68. The summed E-state index contributed by atoms with van der Waals surface area (Å²) in [5.74, 6) is 6.05. The monoisotopic (exact) mass is 357 g/mol. The first-order valence-electron chi connectivity index (χ1n) is 11.5. The fraction of sp³-hybridized carbons (Fsp3) is 0.960. The van der Waals surface area contributed by atoms with E-state index in [0.29, 0.717) is 11.8 Å². The van der Waals surface area contributed by atoms with Gasteiger partial charge in [-0.15, -0.1) is 0 Å². The average molecular weight is 358 g/mol. The summed E-state index contributed by atoms with van der Waals surface area (Å²) in [6, 6.07) is 0. The minimum absolute atomic E-state index is 0.548. The minimum atomic E-state index is 0.548. The minimum Gasteiger partial charge on any atom is -0.340 e. The molecule has 0 fully saturated rings. The molecule has 0 aromatic carbocycles. The van der Waals surface area contributed by atoms with Crippen molar-refractivity contribution in [2.45, 2.75) is 110 Å². The van der Waals surface area contributed by atoms with E-state index >= 15 is 0 Å². The maximum Gasteiger partial charge on any atom is -0.0386 e. The van der Waals surface area contributed by atoms with E-state index < -0.39 is 0 Å². The van der Waals surface area contributed by atoms with Crippen molar-refractivity contribution in [2.24, 2.45) is 47.3 Å². The molecule has 0 spiro atoms. The van der Waals surface area contributed by atoms with Crippen LogP contribution in [0.3, 0.4) is 0 Å². The van der Waals surface area contributed by atoms with Gasteiger partial charge in [0.1, 0.15) is 0 Å². The third-order valence-corrected chi connectivity index (χ3v) is 6.59. The van der Waals surface area contributed by atoms with Gasteiger partial charge in [0.2, 0.25) is 0 Å². The van der Waals surface area contributed by atoms with E-state index in [4.69, 9.17) is 0 Å². The predicted octanol–water partition coefficient (Wildman–Crippen LogP) is 9.40. The van der Waals surface area contributed by atoms with Gasteiger partial charge in [-0.3, -0.25) is 0 Å². The number of rotatable bonds is 8. The second-order valence-corrected chi connectivity index (χ2v) is 7.52. The van der Waals surface area contributed by atoms with Crippen molar-refractivity contribution in [3.63, 3.8) is 0 Å². The molecular weight excluding hydrogens is 300 g/mol. The van der Waals surface area contributed by atoms with Gasteiger partial charge in [-0.1, -0.05) is 116 Å². The van der Waals surface area contributed by atoms with E-state index in [0.717, 1.165) is 35.5 Å². The summed E-state index contributed by atoms with van der Waals surface area (Å²) < 4.78 is 0. The molecule has 0 saturated heterocycles. The lowest BCUT2D eigenvalue weighted by Gasteiger charge is -2.40. The molecule has 0 aromatic heterocycles. The molecule has 25 heavy (non-hydrogen) atoms. The van der Waals surface area contributed by atoms with Crippen molar-refractivity contribution >= 4 is 0 Å². The maximum absolute atomic E-state index is 4.22. The van der Waals surface area contributed by atoms with E-state index in [1.807, 2.05) is 41.5 Å². The molecule has 0 heterocycles. The molecule has 8 atom stereocenters. The van der Waals surface area contributed by atoms with Gasteiger partial charge in [0.25, 0.3) is 0 Å². The van der Waals surface area contributed by atoms with Crippen LogP contribution in [0.1, 0.15) is 110 Å². The highest BCUT2D eigenvalue weighted by Crippen LogP contribution is 2.38. The van der Waals surface area contributed by atoms with Crippen LogP contribution in [0.2, 0.25) is 0 Å². The fourth-order valence-corrected chi connectivity index (χ4v) is 3.32. The third-order valence-electron chi connectivity index (χ3n) is 6.59. The second kappa shape index (κ2) is 20.3. The molecule has 0 N–H and O–H groups in total. The first kappa shape index (κ1) is 32.7. The lowest BCUT2D eigenvalue weighted by Crippen LogP contribution is -2.32. The summed E-state index contributed by atoms with van der Waals surface area (Å²) in [6.07, 6.45) is 1.30. The number of hydrogen-bond donors (Lipinski definition) is 0. The summed E-state index contributed by atoms with van der Waals surface area (Å²) in [4.78, 5) is 0. The molecular formula is C25H57-. The molecule has 0 bridgehead atoms. The highest BCUT2D eigenvalue weighted by atomic mass is 14.4. The lowest BCUT2D eigenvalue weighted by molar-refractivity contribution is 0.108. The van der Waals surface area contributed by atoms with E-state index in [1.165, 1.54) is 6.42 Å². The number of hydrogen-bond acceptors (Lipinski definition) is 0. The Morgan fingerprint density at radius 2 is 0.720 bits per heavy atom. The summed E-state index contributed by atoms with van der Waals surface area (Å²) in [5.41, 5.74) is 0. The molecule has 0 aliphatic heterocycles. The third kappa shape index (κ3) is 12.9. The Balaban J connectivity index is -0.000000329.